The summed E-state index contributed by atoms with van der Waals surface area (Å²) in [6.07, 6.45) is -3.52. The number of hydrogen-bond acceptors (Lipinski definition) is 6. The first-order valence-corrected chi connectivity index (χ1v) is 7.45. The number of hydrogen-bond donors (Lipinski definition) is 2. The molecule has 0 fully saturated rings. The van der Waals surface area contributed by atoms with Crippen LogP contribution in [0.5, 0.6) is 0 Å². The van der Waals surface area contributed by atoms with Crippen molar-refractivity contribution in [1.82, 2.24) is 15.0 Å². The molecule has 9 heteroatoms. The molecule has 0 aromatic carbocycles. The van der Waals surface area contributed by atoms with Gasteiger partial charge in [-0.15, -0.1) is 11.3 Å². The maximum atomic E-state index is 12.3. The topological polar surface area (TPSA) is 70.9 Å². The third-order valence-corrected chi connectivity index (χ3v) is 3.99. The van der Waals surface area contributed by atoms with Crippen molar-refractivity contribution in [3.05, 3.63) is 34.2 Å². The average Bonchev–Trinajstić information content (AvgIpc) is 2.88. The monoisotopic (exact) mass is 332 g/mol. The van der Waals surface area contributed by atoms with Gasteiger partial charge >= 0.3 is 6.18 Å². The van der Waals surface area contributed by atoms with Crippen LogP contribution in [0.1, 0.15) is 28.8 Å². The molecular formula is C13H15F3N4OS. The van der Waals surface area contributed by atoms with Crippen LogP contribution in [-0.4, -0.2) is 32.8 Å². The highest BCUT2D eigenvalue weighted by atomic mass is 32.1. The van der Waals surface area contributed by atoms with Gasteiger partial charge in [-0.3, -0.25) is 4.98 Å². The molecule has 0 aliphatic rings. The summed E-state index contributed by atoms with van der Waals surface area (Å²) in [5, 5.41) is 12.0. The van der Waals surface area contributed by atoms with Crippen molar-refractivity contribution in [2.24, 2.45) is 0 Å². The molecule has 2 rings (SSSR count). The van der Waals surface area contributed by atoms with Crippen LogP contribution in [0.25, 0.3) is 0 Å². The molecule has 0 spiro atoms. The first kappa shape index (κ1) is 16.6. The summed E-state index contributed by atoms with van der Waals surface area (Å²) in [7, 11) is 0. The largest absolute Gasteiger partial charge is 0.420 e. The molecule has 2 aromatic heterocycles. The molecule has 0 saturated carbocycles. The minimum absolute atomic E-state index is 0.374. The summed E-state index contributed by atoms with van der Waals surface area (Å²) in [5.41, 5.74) is 2.31. The van der Waals surface area contributed by atoms with Gasteiger partial charge in [-0.2, -0.15) is 13.2 Å². The highest BCUT2D eigenvalue weighted by Gasteiger charge is 2.40. The van der Waals surface area contributed by atoms with E-state index in [-0.39, 0.29) is 0 Å². The number of nitrogens with one attached hydrogen (secondary N) is 1. The summed E-state index contributed by atoms with van der Waals surface area (Å²) in [4.78, 5) is 12.8. The van der Waals surface area contributed by atoms with Gasteiger partial charge in [0.2, 0.25) is 0 Å². The van der Waals surface area contributed by atoms with Crippen molar-refractivity contribution in [3.8, 4) is 0 Å². The van der Waals surface area contributed by atoms with Crippen LogP contribution in [0.15, 0.2) is 17.9 Å². The second-order valence-corrected chi connectivity index (χ2v) is 5.60. The molecule has 0 aliphatic carbocycles. The molecule has 0 bridgehead atoms. The number of aromatic nitrogens is 3. The second kappa shape index (κ2) is 7.01. The van der Waals surface area contributed by atoms with E-state index in [0.717, 1.165) is 24.7 Å². The van der Waals surface area contributed by atoms with Gasteiger partial charge in [0.25, 0.3) is 0 Å². The first-order valence-electron chi connectivity index (χ1n) is 6.57. The van der Waals surface area contributed by atoms with Gasteiger partial charge < -0.3 is 10.4 Å². The Kier molecular flexibility index (Phi) is 5.30. The Morgan fingerprint density at radius 2 is 2.05 bits per heavy atom. The Morgan fingerprint density at radius 3 is 2.59 bits per heavy atom. The number of rotatable bonds is 6. The van der Waals surface area contributed by atoms with Crippen molar-refractivity contribution in [1.29, 1.82) is 0 Å². The highest BCUT2D eigenvalue weighted by Crippen LogP contribution is 2.30. The number of nitrogens with zero attached hydrogens (tertiary/aromatic N) is 3. The number of aliphatic hydroxyl groups is 1. The fourth-order valence-electron chi connectivity index (χ4n) is 1.77. The van der Waals surface area contributed by atoms with Crippen molar-refractivity contribution in [2.75, 3.05) is 11.9 Å². The number of thiazole rings is 1. The third kappa shape index (κ3) is 4.38. The van der Waals surface area contributed by atoms with Crippen LogP contribution in [0.2, 0.25) is 0 Å². The Morgan fingerprint density at radius 1 is 1.27 bits per heavy atom. The van der Waals surface area contributed by atoms with Crippen LogP contribution < -0.4 is 5.32 Å². The maximum Gasteiger partial charge on any atom is 0.420 e. The van der Waals surface area contributed by atoms with E-state index in [9.17, 15) is 13.2 Å². The molecule has 120 valence electrons. The summed E-state index contributed by atoms with van der Waals surface area (Å²) >= 11 is 1.60. The Bertz CT molecular complexity index is 600. The molecule has 1 atom stereocenters. The number of anilines is 1. The minimum atomic E-state index is -4.74. The quantitative estimate of drug-likeness (QED) is 0.796. The van der Waals surface area contributed by atoms with E-state index < -0.39 is 18.0 Å². The summed E-state index contributed by atoms with van der Waals surface area (Å²) in [5.74, 6) is 0.374. The van der Waals surface area contributed by atoms with Crippen molar-refractivity contribution in [2.45, 2.75) is 32.0 Å². The van der Waals surface area contributed by atoms with Crippen molar-refractivity contribution in [3.63, 3.8) is 0 Å². The lowest BCUT2D eigenvalue weighted by atomic mass is 10.2. The van der Waals surface area contributed by atoms with E-state index in [4.69, 9.17) is 5.11 Å². The minimum Gasteiger partial charge on any atom is -0.378 e. The SMILES string of the molecule is Cc1ncsc1CCCNc1cnc(C(O)C(F)(F)F)cn1. The number of alkyl halides is 3. The van der Waals surface area contributed by atoms with Gasteiger partial charge in [-0.1, -0.05) is 0 Å². The third-order valence-electron chi connectivity index (χ3n) is 2.99. The lowest BCUT2D eigenvalue weighted by Crippen LogP contribution is -2.21. The van der Waals surface area contributed by atoms with Crippen molar-refractivity contribution >= 4 is 17.2 Å². The van der Waals surface area contributed by atoms with E-state index in [2.05, 4.69) is 20.3 Å². The number of aryl methyl sites for hydroxylation is 2. The lowest BCUT2D eigenvalue weighted by molar-refractivity contribution is -0.208. The normalized spacial score (nSPS) is 13.1. The molecular weight excluding hydrogens is 317 g/mol. The molecule has 2 heterocycles. The van der Waals surface area contributed by atoms with Gasteiger partial charge in [0, 0.05) is 11.4 Å². The molecule has 0 amide bonds. The average molecular weight is 332 g/mol. The van der Waals surface area contributed by atoms with E-state index in [0.29, 0.717) is 12.4 Å². The Hall–Kier alpha value is -1.74. The fraction of sp³-hybridized carbons (Fsp3) is 0.462. The Balaban J connectivity index is 1.80. The zero-order chi connectivity index (χ0) is 16.2. The van der Waals surface area contributed by atoms with E-state index in [1.807, 2.05) is 6.92 Å². The fourth-order valence-corrected chi connectivity index (χ4v) is 2.59. The second-order valence-electron chi connectivity index (χ2n) is 4.66. The zero-order valence-corrected chi connectivity index (χ0v) is 12.6. The molecule has 1 unspecified atom stereocenters. The molecule has 0 aliphatic heterocycles. The molecule has 0 saturated heterocycles. The first-order chi connectivity index (χ1) is 10.4. The maximum absolute atomic E-state index is 12.3. The summed E-state index contributed by atoms with van der Waals surface area (Å²) in [6, 6.07) is 0. The van der Waals surface area contributed by atoms with Gasteiger partial charge in [0.15, 0.2) is 6.10 Å². The van der Waals surface area contributed by atoms with Crippen LogP contribution in [0.4, 0.5) is 19.0 Å². The van der Waals surface area contributed by atoms with Crippen molar-refractivity contribution < 1.29 is 18.3 Å². The number of aliphatic hydroxyl groups excluding tert-OH is 1. The van der Waals surface area contributed by atoms with E-state index in [1.165, 1.54) is 11.1 Å². The smallest absolute Gasteiger partial charge is 0.378 e. The van der Waals surface area contributed by atoms with Gasteiger partial charge in [-0.05, 0) is 19.8 Å². The summed E-state index contributed by atoms with van der Waals surface area (Å²) < 4.78 is 36.9. The van der Waals surface area contributed by atoms with Gasteiger partial charge in [0.1, 0.15) is 5.82 Å². The predicted molar refractivity (Wildman–Crippen MR) is 76.7 cm³/mol. The molecule has 2 N–H and O–H groups in total. The van der Waals surface area contributed by atoms with E-state index in [1.54, 1.807) is 16.8 Å². The lowest BCUT2D eigenvalue weighted by Gasteiger charge is -2.13. The van der Waals surface area contributed by atoms with Crippen LogP contribution in [0.3, 0.4) is 0 Å². The van der Waals surface area contributed by atoms with Crippen LogP contribution in [-0.2, 0) is 6.42 Å². The van der Waals surface area contributed by atoms with Gasteiger partial charge in [0.05, 0.1) is 29.3 Å². The number of halogens is 3. The highest BCUT2D eigenvalue weighted by molar-refractivity contribution is 7.09. The summed E-state index contributed by atoms with van der Waals surface area (Å²) in [6.45, 7) is 2.57. The Labute approximate surface area is 129 Å². The molecule has 22 heavy (non-hydrogen) atoms. The van der Waals surface area contributed by atoms with Crippen LogP contribution in [0, 0.1) is 6.92 Å². The molecule has 0 radical (unpaired) electrons. The zero-order valence-electron chi connectivity index (χ0n) is 11.8. The van der Waals surface area contributed by atoms with Crippen LogP contribution >= 0.6 is 11.3 Å². The molecule has 5 nitrogen and oxygen atoms in total. The molecule has 2 aromatic rings. The predicted octanol–water partition coefficient (Wildman–Crippen LogP) is 2.88. The standard InChI is InChI=1S/C13H15F3N4OS/c1-8-10(22-7-20-8)3-2-4-17-11-6-18-9(5-19-11)12(21)13(14,15)16/h5-7,12,21H,2-4H2,1H3,(H,17,19). The van der Waals surface area contributed by atoms with E-state index >= 15 is 0 Å². The van der Waals surface area contributed by atoms with Gasteiger partial charge in [-0.25, -0.2) is 9.97 Å².